The van der Waals surface area contributed by atoms with E-state index in [1.807, 2.05) is 90.4 Å². The number of nitrogens with zero attached hydrogens (tertiary/aromatic N) is 1. The van der Waals surface area contributed by atoms with Crippen LogP contribution in [0.4, 0.5) is 0 Å². The molecule has 0 bridgehead atoms. The minimum Gasteiger partial charge on any atom is -0.506 e. The van der Waals surface area contributed by atoms with E-state index >= 15 is 0 Å². The minimum absolute atomic E-state index is 0.00773. The molecule has 0 saturated carbocycles. The lowest BCUT2D eigenvalue weighted by Gasteiger charge is -2.22. The Balaban J connectivity index is 1.36. The van der Waals surface area contributed by atoms with Crippen molar-refractivity contribution in [3.05, 3.63) is 134 Å². The molecule has 0 radical (unpaired) electrons. The SMILES string of the molecule is C/C(=N\OC(=O)c1ccc(COC(=O)c2c(Cl)c(Cl)c(Cl)c(Cl)c2-c2c3cc(I)c(=O)c(I)c-3oc3c(I)c(O)c(I)cc23)cc1)C(=O)c1ccccc1. The number of carbonyl (C=O) groups excluding carboxylic acids is 3. The lowest BCUT2D eigenvalue weighted by Crippen LogP contribution is -2.13. The molecular formula is C37H17Cl4I4NO8. The standard InChI is InChI=1S/C37H17Cl4I4NO8/c1-14(31(47)16-5-3-2-4-6-16)46-54-36(50)17-9-7-15(8-10-17)13-52-37(51)24-23(25(38)27(40)28(41)26(24)39)22-18-11-20(42)32(48)29(44)34(18)53-35-19(22)12-21(43)33(49)30(35)45/h2-12,48H,13H2,1H3/b46-14+. The molecule has 1 aliphatic carbocycles. The average Bonchev–Trinajstić information content (AvgIpc) is 3.17. The smallest absolute Gasteiger partial charge is 0.365 e. The highest BCUT2D eigenvalue weighted by Gasteiger charge is 2.33. The van der Waals surface area contributed by atoms with Crippen LogP contribution in [0.3, 0.4) is 0 Å². The van der Waals surface area contributed by atoms with Crippen LogP contribution in [0.1, 0.15) is 43.6 Å². The van der Waals surface area contributed by atoms with E-state index in [2.05, 4.69) is 5.16 Å². The molecule has 9 nitrogen and oxygen atoms in total. The zero-order chi connectivity index (χ0) is 39.2. The van der Waals surface area contributed by atoms with Crippen LogP contribution in [0.2, 0.25) is 20.1 Å². The van der Waals surface area contributed by atoms with E-state index in [9.17, 15) is 24.3 Å². The number of fused-ring (bicyclic) bond motifs is 2. The van der Waals surface area contributed by atoms with E-state index in [-0.39, 0.29) is 81.0 Å². The van der Waals surface area contributed by atoms with Crippen molar-refractivity contribution in [3.63, 3.8) is 0 Å². The normalized spacial score (nSPS) is 11.6. The van der Waals surface area contributed by atoms with Crippen LogP contribution in [0.5, 0.6) is 5.75 Å². The Bertz CT molecular complexity index is 2620. The Morgan fingerprint density at radius 2 is 1.43 bits per heavy atom. The van der Waals surface area contributed by atoms with Crippen molar-refractivity contribution in [3.8, 4) is 28.2 Å². The van der Waals surface area contributed by atoms with Gasteiger partial charge in [0.2, 0.25) is 11.2 Å². The van der Waals surface area contributed by atoms with Gasteiger partial charge in [0.15, 0.2) is 11.3 Å². The number of oxime groups is 1. The summed E-state index contributed by atoms with van der Waals surface area (Å²) in [7, 11) is 0. The molecule has 0 fully saturated rings. The van der Waals surface area contributed by atoms with Gasteiger partial charge in [-0.2, -0.15) is 0 Å². The maximum Gasteiger partial charge on any atom is 0.365 e. The van der Waals surface area contributed by atoms with E-state index in [1.54, 1.807) is 54.6 Å². The summed E-state index contributed by atoms with van der Waals surface area (Å²) in [4.78, 5) is 57.3. The quantitative estimate of drug-likeness (QED) is 0.0183. The van der Waals surface area contributed by atoms with Crippen LogP contribution in [0, 0.1) is 14.3 Å². The van der Waals surface area contributed by atoms with Gasteiger partial charge in [-0.15, -0.1) is 0 Å². The summed E-state index contributed by atoms with van der Waals surface area (Å²) in [5.74, 6) is -1.97. The van der Waals surface area contributed by atoms with Crippen molar-refractivity contribution in [2.24, 2.45) is 5.16 Å². The molecule has 1 aliphatic heterocycles. The van der Waals surface area contributed by atoms with Gasteiger partial charge in [0.25, 0.3) is 0 Å². The zero-order valence-corrected chi connectivity index (χ0v) is 38.5. The van der Waals surface area contributed by atoms with Crippen molar-refractivity contribution in [2.75, 3.05) is 0 Å². The van der Waals surface area contributed by atoms with Crippen molar-refractivity contribution in [2.45, 2.75) is 13.5 Å². The van der Waals surface area contributed by atoms with Crippen molar-refractivity contribution in [1.82, 2.24) is 0 Å². The van der Waals surface area contributed by atoms with Crippen LogP contribution in [0.25, 0.3) is 33.4 Å². The van der Waals surface area contributed by atoms with E-state index in [1.165, 1.54) is 19.1 Å². The first-order valence-electron chi connectivity index (χ1n) is 15.1. The molecule has 4 aromatic rings. The number of benzene rings is 5. The summed E-state index contributed by atoms with van der Waals surface area (Å²) in [6.45, 7) is 1.17. The fraction of sp³-hybridized carbons (Fsp3) is 0.0541. The van der Waals surface area contributed by atoms with E-state index < -0.39 is 11.9 Å². The fourth-order valence-electron chi connectivity index (χ4n) is 5.28. The molecule has 0 amide bonds. The Morgan fingerprint density at radius 1 is 0.778 bits per heavy atom. The number of Topliss-reactive ketones (excluding diaryl/α,β-unsaturated/α-hetero) is 1. The molecule has 0 atom stereocenters. The number of halogens is 8. The van der Waals surface area contributed by atoms with Crippen molar-refractivity contribution >= 4 is 171 Å². The van der Waals surface area contributed by atoms with E-state index in [0.29, 0.717) is 38.4 Å². The largest absolute Gasteiger partial charge is 0.506 e. The lowest BCUT2D eigenvalue weighted by molar-refractivity contribution is 0.0469. The number of esters is 1. The summed E-state index contributed by atoms with van der Waals surface area (Å²) in [6.07, 6.45) is 0. The number of ether oxygens (including phenoxy) is 1. The molecule has 17 heteroatoms. The molecule has 2 aliphatic rings. The summed E-state index contributed by atoms with van der Waals surface area (Å²) < 4.78 is 13.4. The molecule has 1 heterocycles. The summed E-state index contributed by atoms with van der Waals surface area (Å²) in [6, 6.07) is 17.7. The number of aromatic hydroxyl groups is 1. The fourth-order valence-corrected chi connectivity index (χ4v) is 9.88. The molecule has 6 rings (SSSR count). The maximum atomic E-state index is 14.1. The Hall–Kier alpha value is -2.27. The van der Waals surface area contributed by atoms with Crippen LogP contribution in [-0.4, -0.2) is 28.5 Å². The van der Waals surface area contributed by atoms with Crippen LogP contribution in [0.15, 0.2) is 81.1 Å². The predicted molar refractivity (Wildman–Crippen MR) is 242 cm³/mol. The summed E-state index contributed by atoms with van der Waals surface area (Å²) in [5.41, 5.74) is 1.55. The first kappa shape index (κ1) is 41.4. The Kier molecular flexibility index (Phi) is 13.1. The number of rotatable bonds is 8. The summed E-state index contributed by atoms with van der Waals surface area (Å²) >= 11 is 34.5. The molecule has 0 aromatic heterocycles. The number of hydrogen-bond acceptors (Lipinski definition) is 9. The van der Waals surface area contributed by atoms with Gasteiger partial charge in [-0.05, 0) is 127 Å². The van der Waals surface area contributed by atoms with Gasteiger partial charge in [-0.25, -0.2) is 9.59 Å². The number of ketones is 1. The Morgan fingerprint density at radius 3 is 2.09 bits per heavy atom. The number of phenols is 1. The maximum absolute atomic E-state index is 14.1. The summed E-state index contributed by atoms with van der Waals surface area (Å²) in [5, 5.41) is 14.3. The third-order valence-corrected chi connectivity index (χ3v) is 13.3. The first-order valence-corrected chi connectivity index (χ1v) is 20.9. The minimum atomic E-state index is -0.915. The molecule has 1 N–H and O–H groups in total. The number of hydrogen-bond donors (Lipinski definition) is 1. The molecule has 54 heavy (non-hydrogen) atoms. The molecule has 4 aromatic carbocycles. The second kappa shape index (κ2) is 17.1. The van der Waals surface area contributed by atoms with Gasteiger partial charge in [0, 0.05) is 27.6 Å². The highest BCUT2D eigenvalue weighted by Crippen LogP contribution is 2.52. The van der Waals surface area contributed by atoms with Gasteiger partial charge < -0.3 is 19.1 Å². The van der Waals surface area contributed by atoms with Gasteiger partial charge in [0.05, 0.1) is 41.9 Å². The third kappa shape index (κ3) is 7.97. The van der Waals surface area contributed by atoms with E-state index in [4.69, 9.17) is 60.4 Å². The second-order valence-corrected chi connectivity index (χ2v) is 17.3. The third-order valence-electron chi connectivity index (χ3n) is 7.93. The monoisotopic (exact) mass is 1250 g/mol. The zero-order valence-electron chi connectivity index (χ0n) is 26.8. The highest BCUT2D eigenvalue weighted by atomic mass is 127. The predicted octanol–water partition coefficient (Wildman–Crippen LogP) is 12.1. The molecule has 274 valence electrons. The topological polar surface area (TPSA) is 132 Å². The lowest BCUT2D eigenvalue weighted by atomic mass is 9.90. The molecule has 0 spiro atoms. The van der Waals surface area contributed by atoms with Crippen LogP contribution in [-0.2, 0) is 16.2 Å². The van der Waals surface area contributed by atoms with Crippen molar-refractivity contribution < 1.29 is 33.5 Å². The van der Waals surface area contributed by atoms with Crippen LogP contribution >= 0.6 is 137 Å². The first-order chi connectivity index (χ1) is 25.6. The molecular weight excluding hydrogens is 1240 g/mol. The highest BCUT2D eigenvalue weighted by molar-refractivity contribution is 14.1. The average molecular weight is 1250 g/mol. The number of phenolic OH excluding ortho intramolecular Hbond substituents is 1. The number of carbonyl (C=O) groups is 3. The van der Waals surface area contributed by atoms with Gasteiger partial charge in [-0.1, -0.05) is 94.0 Å². The van der Waals surface area contributed by atoms with Gasteiger partial charge in [0.1, 0.15) is 21.6 Å². The molecule has 0 saturated heterocycles. The van der Waals surface area contributed by atoms with Crippen molar-refractivity contribution in [1.29, 1.82) is 0 Å². The molecule has 0 unspecified atom stereocenters. The van der Waals surface area contributed by atoms with Gasteiger partial charge >= 0.3 is 11.9 Å². The van der Waals surface area contributed by atoms with Crippen LogP contribution < -0.4 is 5.43 Å². The van der Waals surface area contributed by atoms with E-state index in [0.717, 1.165) is 0 Å². The second-order valence-electron chi connectivity index (χ2n) is 11.3. The van der Waals surface area contributed by atoms with Gasteiger partial charge in [-0.3, -0.25) is 9.59 Å². The Labute approximate surface area is 380 Å².